The van der Waals surface area contributed by atoms with Crippen LogP contribution >= 0.6 is 0 Å². The van der Waals surface area contributed by atoms with Gasteiger partial charge < -0.3 is 14.8 Å². The van der Waals surface area contributed by atoms with E-state index in [0.29, 0.717) is 25.8 Å². The number of methoxy groups -OCH3 is 1. The molecule has 0 saturated heterocycles. The SMILES string of the molecule is CNCCOC(=O)C=C1CCC2C(C(=O)C(=O)C3C(C)(C(=O)OC)CCCC23C)C1C. The maximum atomic E-state index is 13.4. The van der Waals surface area contributed by atoms with Gasteiger partial charge in [0.1, 0.15) is 6.61 Å². The molecule has 3 rings (SSSR count). The van der Waals surface area contributed by atoms with Crippen molar-refractivity contribution in [3.63, 3.8) is 0 Å². The third-order valence-corrected chi connectivity index (χ3v) is 8.22. The summed E-state index contributed by atoms with van der Waals surface area (Å²) in [5, 5.41) is 2.92. The number of allylic oxidation sites excluding steroid dienone is 1. The normalized spacial score (nSPS) is 38.9. The summed E-state index contributed by atoms with van der Waals surface area (Å²) in [6.07, 6.45) is 5.08. The minimum Gasteiger partial charge on any atom is -0.469 e. The van der Waals surface area contributed by atoms with E-state index in [4.69, 9.17) is 9.47 Å². The Kier molecular flexibility index (Phi) is 6.75. The molecular weight excluding hydrogens is 398 g/mol. The van der Waals surface area contributed by atoms with Gasteiger partial charge in [0.25, 0.3) is 0 Å². The van der Waals surface area contributed by atoms with E-state index < -0.39 is 46.2 Å². The number of ketones is 2. The highest BCUT2D eigenvalue weighted by Crippen LogP contribution is 2.63. The average molecular weight is 434 g/mol. The zero-order valence-corrected chi connectivity index (χ0v) is 19.3. The van der Waals surface area contributed by atoms with Gasteiger partial charge in [0.2, 0.25) is 11.6 Å². The van der Waals surface area contributed by atoms with Crippen molar-refractivity contribution in [2.75, 3.05) is 27.3 Å². The van der Waals surface area contributed by atoms with Crippen LogP contribution in [0.3, 0.4) is 0 Å². The van der Waals surface area contributed by atoms with Crippen molar-refractivity contribution < 1.29 is 28.7 Å². The van der Waals surface area contributed by atoms with Crippen LogP contribution in [-0.4, -0.2) is 50.8 Å². The third-order valence-electron chi connectivity index (χ3n) is 8.22. The summed E-state index contributed by atoms with van der Waals surface area (Å²) in [6.45, 7) is 6.64. The van der Waals surface area contributed by atoms with Gasteiger partial charge in [-0.15, -0.1) is 0 Å². The molecular formula is C24H35NO6. The number of carbonyl (C=O) groups excluding carboxylic acids is 4. The second-order valence-corrected chi connectivity index (χ2v) is 9.88. The van der Waals surface area contributed by atoms with E-state index in [9.17, 15) is 19.2 Å². The number of hydrogen-bond acceptors (Lipinski definition) is 7. The molecule has 1 N–H and O–H groups in total. The largest absolute Gasteiger partial charge is 0.469 e. The molecule has 0 aromatic carbocycles. The number of carbonyl (C=O) groups is 4. The lowest BCUT2D eigenvalue weighted by atomic mass is 9.42. The molecule has 0 bridgehead atoms. The van der Waals surface area contributed by atoms with Gasteiger partial charge in [0, 0.05) is 24.5 Å². The first-order valence-corrected chi connectivity index (χ1v) is 11.3. The molecule has 0 radical (unpaired) electrons. The molecule has 0 spiro atoms. The van der Waals surface area contributed by atoms with E-state index in [1.165, 1.54) is 13.2 Å². The van der Waals surface area contributed by atoms with Gasteiger partial charge in [-0.2, -0.15) is 0 Å². The summed E-state index contributed by atoms with van der Waals surface area (Å²) in [7, 11) is 3.12. The van der Waals surface area contributed by atoms with Gasteiger partial charge in [-0.1, -0.05) is 25.8 Å². The Bertz CT molecular complexity index is 804. The van der Waals surface area contributed by atoms with Crippen molar-refractivity contribution in [1.82, 2.24) is 5.32 Å². The molecule has 3 aliphatic rings. The Morgan fingerprint density at radius 3 is 2.55 bits per heavy atom. The molecule has 0 heterocycles. The minimum absolute atomic E-state index is 0.000516. The quantitative estimate of drug-likeness (QED) is 0.308. The molecule has 6 atom stereocenters. The van der Waals surface area contributed by atoms with Crippen molar-refractivity contribution in [3.8, 4) is 0 Å². The highest BCUT2D eigenvalue weighted by atomic mass is 16.5. The topological polar surface area (TPSA) is 98.8 Å². The fourth-order valence-corrected chi connectivity index (χ4v) is 6.71. The van der Waals surface area contributed by atoms with Crippen molar-refractivity contribution >= 4 is 23.5 Å². The number of hydrogen-bond donors (Lipinski definition) is 1. The first-order valence-electron chi connectivity index (χ1n) is 11.3. The molecule has 0 aromatic rings. The number of esters is 2. The molecule has 172 valence electrons. The van der Waals surface area contributed by atoms with E-state index in [0.717, 1.165) is 18.4 Å². The highest BCUT2D eigenvalue weighted by molar-refractivity contribution is 6.40. The van der Waals surface area contributed by atoms with Crippen LogP contribution in [-0.2, 0) is 28.7 Å². The number of fused-ring (bicyclic) bond motifs is 3. The molecule has 0 aliphatic heterocycles. The fourth-order valence-electron chi connectivity index (χ4n) is 6.71. The van der Waals surface area contributed by atoms with Crippen molar-refractivity contribution in [1.29, 1.82) is 0 Å². The first-order chi connectivity index (χ1) is 14.6. The molecule has 0 amide bonds. The maximum absolute atomic E-state index is 13.4. The Balaban J connectivity index is 1.91. The van der Waals surface area contributed by atoms with Gasteiger partial charge >= 0.3 is 11.9 Å². The lowest BCUT2D eigenvalue weighted by Gasteiger charge is -2.59. The van der Waals surface area contributed by atoms with Crippen molar-refractivity contribution in [3.05, 3.63) is 11.6 Å². The predicted octanol–water partition coefficient (Wildman–Crippen LogP) is 2.48. The molecule has 31 heavy (non-hydrogen) atoms. The Morgan fingerprint density at radius 2 is 1.90 bits per heavy atom. The van der Waals surface area contributed by atoms with Crippen LogP contribution in [0.4, 0.5) is 0 Å². The molecule has 3 aliphatic carbocycles. The number of likely N-dealkylation sites (N-methyl/N-ethyl adjacent to an activating group) is 1. The Labute approximate surface area is 184 Å². The highest BCUT2D eigenvalue weighted by Gasteiger charge is 2.66. The van der Waals surface area contributed by atoms with E-state index in [1.807, 2.05) is 6.92 Å². The second kappa shape index (κ2) is 8.85. The molecule has 3 fully saturated rings. The van der Waals surface area contributed by atoms with E-state index >= 15 is 0 Å². The van der Waals surface area contributed by atoms with Crippen LogP contribution in [0.1, 0.15) is 52.9 Å². The van der Waals surface area contributed by atoms with Crippen LogP contribution in [0, 0.1) is 34.5 Å². The van der Waals surface area contributed by atoms with Crippen LogP contribution in [0.2, 0.25) is 0 Å². The number of ether oxygens (including phenoxy) is 2. The summed E-state index contributed by atoms with van der Waals surface area (Å²) < 4.78 is 10.3. The fraction of sp³-hybridized carbons (Fsp3) is 0.750. The van der Waals surface area contributed by atoms with Gasteiger partial charge in [-0.3, -0.25) is 14.4 Å². The maximum Gasteiger partial charge on any atom is 0.330 e. The molecule has 7 heteroatoms. The average Bonchev–Trinajstić information content (AvgIpc) is 2.73. The molecule has 7 nitrogen and oxygen atoms in total. The summed E-state index contributed by atoms with van der Waals surface area (Å²) in [4.78, 5) is 51.7. The number of Topliss-reactive ketones (excluding diaryl/α,β-unsaturated/α-hetero) is 2. The summed E-state index contributed by atoms with van der Waals surface area (Å²) in [5.74, 6) is -2.98. The van der Waals surface area contributed by atoms with Crippen LogP contribution in [0.5, 0.6) is 0 Å². The number of rotatable bonds is 5. The number of nitrogens with one attached hydrogen (secondary N) is 1. The molecule has 6 unspecified atom stereocenters. The smallest absolute Gasteiger partial charge is 0.330 e. The minimum atomic E-state index is -0.976. The van der Waals surface area contributed by atoms with Gasteiger partial charge in [0.15, 0.2) is 0 Å². The Hall–Kier alpha value is -2.02. The van der Waals surface area contributed by atoms with Gasteiger partial charge in [0.05, 0.1) is 12.5 Å². The zero-order chi connectivity index (χ0) is 23.0. The monoisotopic (exact) mass is 433 g/mol. The standard InChI is InChI=1S/C24H35NO6/c1-14-15(13-17(26)31-12-11-25-4)7-8-16-18(14)19(27)20(28)21-23(16,2)9-6-10-24(21,3)22(29)30-5/h13-14,16,18,21,25H,6-12H2,1-5H3. The third kappa shape index (κ3) is 3.86. The van der Waals surface area contributed by atoms with Crippen LogP contribution < -0.4 is 5.32 Å². The lowest BCUT2D eigenvalue weighted by Crippen LogP contribution is -2.63. The lowest BCUT2D eigenvalue weighted by molar-refractivity contribution is -0.183. The predicted molar refractivity (Wildman–Crippen MR) is 114 cm³/mol. The Morgan fingerprint density at radius 1 is 1.19 bits per heavy atom. The molecule has 3 saturated carbocycles. The van der Waals surface area contributed by atoms with Crippen LogP contribution in [0.15, 0.2) is 11.6 Å². The van der Waals surface area contributed by atoms with E-state index in [-0.39, 0.29) is 18.4 Å². The summed E-state index contributed by atoms with van der Waals surface area (Å²) in [6, 6.07) is 0. The summed E-state index contributed by atoms with van der Waals surface area (Å²) in [5.41, 5.74) is -0.551. The van der Waals surface area contributed by atoms with Gasteiger partial charge in [-0.25, -0.2) is 4.79 Å². The van der Waals surface area contributed by atoms with Crippen molar-refractivity contribution in [2.45, 2.75) is 52.9 Å². The van der Waals surface area contributed by atoms with Crippen LogP contribution in [0.25, 0.3) is 0 Å². The van der Waals surface area contributed by atoms with E-state index in [2.05, 4.69) is 12.2 Å². The van der Waals surface area contributed by atoms with Crippen molar-refractivity contribution in [2.24, 2.45) is 34.5 Å². The molecule has 0 aromatic heterocycles. The summed E-state index contributed by atoms with van der Waals surface area (Å²) >= 11 is 0. The van der Waals surface area contributed by atoms with Gasteiger partial charge in [-0.05, 0) is 56.9 Å². The second-order valence-electron chi connectivity index (χ2n) is 9.88. The first kappa shape index (κ1) is 23.6. The zero-order valence-electron chi connectivity index (χ0n) is 19.3. The van der Waals surface area contributed by atoms with E-state index in [1.54, 1.807) is 14.0 Å².